The predicted octanol–water partition coefficient (Wildman–Crippen LogP) is 4.08. The molecule has 6 atom stereocenters. The number of esters is 3. The maximum absolute atomic E-state index is 13.5. The molecule has 0 bridgehead atoms. The number of nitrogens with one attached hydrogen (secondary N) is 1. The first kappa shape index (κ1) is 35.2. The molecule has 2 aliphatic rings. The third-order valence-corrected chi connectivity index (χ3v) is 7.92. The lowest BCUT2D eigenvalue weighted by Gasteiger charge is -2.38. The van der Waals surface area contributed by atoms with Gasteiger partial charge in [-0.05, 0) is 55.5 Å². The fourth-order valence-electron chi connectivity index (χ4n) is 5.42. The minimum atomic E-state index is -1.83. The van der Waals surface area contributed by atoms with Gasteiger partial charge in [0.05, 0.1) is 29.8 Å². The second kappa shape index (κ2) is 15.9. The summed E-state index contributed by atoms with van der Waals surface area (Å²) >= 11 is 0. The number of methoxy groups -OCH3 is 2. The molecule has 0 aromatic heterocycles. The molecule has 1 amide bonds. The molecule has 1 fully saturated rings. The number of carbonyl (C=O) groups excluding carboxylic acids is 4. The lowest BCUT2D eigenvalue weighted by atomic mass is 10.00. The van der Waals surface area contributed by atoms with Gasteiger partial charge in [0.15, 0.2) is 18.3 Å². The zero-order chi connectivity index (χ0) is 34.9. The molecule has 13 heteroatoms. The van der Waals surface area contributed by atoms with Crippen molar-refractivity contribution in [3.63, 3.8) is 0 Å². The summed E-state index contributed by atoms with van der Waals surface area (Å²) in [6, 6.07) is 24.7. The molecule has 5 rings (SSSR count). The molecule has 0 radical (unpaired) electrons. The van der Waals surface area contributed by atoms with Crippen molar-refractivity contribution in [1.82, 2.24) is 5.32 Å². The zero-order valence-corrected chi connectivity index (χ0v) is 27.1. The summed E-state index contributed by atoms with van der Waals surface area (Å²) in [4.78, 5) is 52.1. The molecule has 3 aromatic carbocycles. The molecule has 0 spiro atoms. The minimum Gasteiger partial charge on any atom is -0.459 e. The van der Waals surface area contributed by atoms with Crippen LogP contribution >= 0.6 is 0 Å². The highest BCUT2D eigenvalue weighted by Gasteiger charge is 2.62. The Morgan fingerprint density at radius 2 is 1.22 bits per heavy atom. The van der Waals surface area contributed by atoms with Crippen molar-refractivity contribution in [3.8, 4) is 0 Å². The average molecular weight is 676 g/mol. The van der Waals surface area contributed by atoms with Gasteiger partial charge in [-0.1, -0.05) is 54.6 Å². The highest BCUT2D eigenvalue weighted by atomic mass is 16.8. The second-order valence-electron chi connectivity index (χ2n) is 11.0. The lowest BCUT2D eigenvalue weighted by molar-refractivity contribution is -0.327. The maximum atomic E-state index is 13.5. The largest absolute Gasteiger partial charge is 0.459 e. The first-order valence-electron chi connectivity index (χ1n) is 15.5. The van der Waals surface area contributed by atoms with E-state index >= 15 is 0 Å². The maximum Gasteiger partial charge on any atom is 0.407 e. The lowest BCUT2D eigenvalue weighted by Crippen LogP contribution is -2.56. The van der Waals surface area contributed by atoms with Crippen LogP contribution in [0, 0.1) is 0 Å². The molecular weight excluding hydrogens is 638 g/mol. The van der Waals surface area contributed by atoms with Gasteiger partial charge in [-0.2, -0.15) is 0 Å². The van der Waals surface area contributed by atoms with E-state index in [4.69, 9.17) is 37.9 Å². The van der Waals surface area contributed by atoms with E-state index in [0.717, 1.165) is 0 Å². The van der Waals surface area contributed by atoms with Crippen molar-refractivity contribution in [3.05, 3.63) is 120 Å². The molecule has 258 valence electrons. The van der Waals surface area contributed by atoms with Crippen LogP contribution < -0.4 is 5.32 Å². The molecule has 1 N–H and O–H groups in total. The summed E-state index contributed by atoms with van der Waals surface area (Å²) in [5, 5.41) is 2.57. The van der Waals surface area contributed by atoms with Crippen LogP contribution in [0.1, 0.15) is 38.0 Å². The minimum absolute atomic E-state index is 0.147. The van der Waals surface area contributed by atoms with Crippen LogP contribution in [0.4, 0.5) is 4.79 Å². The molecule has 2 unspecified atom stereocenters. The first-order chi connectivity index (χ1) is 23.7. The van der Waals surface area contributed by atoms with Gasteiger partial charge in [0.2, 0.25) is 11.6 Å². The molecule has 0 aliphatic carbocycles. The Labute approximate surface area is 283 Å². The van der Waals surface area contributed by atoms with Crippen molar-refractivity contribution in [2.24, 2.45) is 0 Å². The summed E-state index contributed by atoms with van der Waals surface area (Å²) in [5.41, 5.74) is 0.727. The highest BCUT2D eigenvalue weighted by molar-refractivity contribution is 5.91. The van der Waals surface area contributed by atoms with E-state index in [1.165, 1.54) is 26.4 Å². The number of alkyl carbamates (subject to hydrolysis) is 1. The van der Waals surface area contributed by atoms with E-state index in [1.54, 1.807) is 97.9 Å². The Kier molecular flexibility index (Phi) is 11.4. The summed E-state index contributed by atoms with van der Waals surface area (Å²) in [6.45, 7) is 1.21. The molecular formula is C36H37NO12. The standard InChI is InChI=1S/C36H37NO12/c1-4-44-34(41)37-23-35(42-2)20-21-36(43-3,49-35)30-29(48-33(40)26-18-12-7-13-19-26)28(47-32(39)25-16-10-6-11-17-25)27(46-30)22-45-31(38)24-14-8-5-9-15-24/h5-21,27-30H,4,22-23H2,1-3H3,(H,37,41)/t27-,28-,29-,30-,35?,36?/m1/s1. The topological polar surface area (TPSA) is 154 Å². The number of amides is 1. The summed E-state index contributed by atoms with van der Waals surface area (Å²) < 4.78 is 46.9. The Morgan fingerprint density at radius 1 is 0.694 bits per heavy atom. The van der Waals surface area contributed by atoms with Crippen molar-refractivity contribution in [1.29, 1.82) is 0 Å². The van der Waals surface area contributed by atoms with Gasteiger partial charge >= 0.3 is 24.0 Å². The van der Waals surface area contributed by atoms with Gasteiger partial charge < -0.3 is 43.2 Å². The van der Waals surface area contributed by atoms with Crippen LogP contribution in [0.5, 0.6) is 0 Å². The molecule has 13 nitrogen and oxygen atoms in total. The zero-order valence-electron chi connectivity index (χ0n) is 27.1. The molecule has 49 heavy (non-hydrogen) atoms. The van der Waals surface area contributed by atoms with Crippen LogP contribution in [0.25, 0.3) is 0 Å². The van der Waals surface area contributed by atoms with Crippen LogP contribution in [0.2, 0.25) is 0 Å². The SMILES string of the molecule is CCOC(=O)NCC1(OC)C=CC(OC)([C@@H]2O[C@H](COC(=O)c3ccccc3)[C@@H](OC(=O)c3ccccc3)[C@H]2OC(=O)c2ccccc2)O1. The Balaban J connectivity index is 1.50. The third-order valence-electron chi connectivity index (χ3n) is 7.92. The quantitative estimate of drug-likeness (QED) is 0.158. The molecule has 2 aliphatic heterocycles. The van der Waals surface area contributed by atoms with Crippen LogP contribution in [-0.4, -0.2) is 94.0 Å². The number of benzene rings is 3. The molecule has 1 saturated heterocycles. The second-order valence-corrected chi connectivity index (χ2v) is 11.0. The summed E-state index contributed by atoms with van der Waals surface area (Å²) in [7, 11) is 2.70. The van der Waals surface area contributed by atoms with Gasteiger partial charge in [0, 0.05) is 14.2 Å². The van der Waals surface area contributed by atoms with Gasteiger partial charge in [0.1, 0.15) is 12.7 Å². The van der Waals surface area contributed by atoms with Crippen LogP contribution in [-0.2, 0) is 37.9 Å². The van der Waals surface area contributed by atoms with Crippen molar-refractivity contribution in [2.45, 2.75) is 42.9 Å². The van der Waals surface area contributed by atoms with Crippen molar-refractivity contribution < 1.29 is 57.1 Å². The number of hydrogen-bond donors (Lipinski definition) is 1. The number of rotatable bonds is 13. The fraction of sp³-hybridized carbons (Fsp3) is 0.333. The monoisotopic (exact) mass is 675 g/mol. The van der Waals surface area contributed by atoms with Crippen LogP contribution in [0.15, 0.2) is 103 Å². The van der Waals surface area contributed by atoms with E-state index < -0.39 is 66.6 Å². The van der Waals surface area contributed by atoms with E-state index in [-0.39, 0.29) is 29.8 Å². The Morgan fingerprint density at radius 3 is 1.73 bits per heavy atom. The summed E-state index contributed by atoms with van der Waals surface area (Å²) in [6.07, 6.45) is -2.90. The Hall–Kier alpha value is -5.08. The average Bonchev–Trinajstić information content (AvgIpc) is 3.70. The normalized spacial score (nSPS) is 25.7. The summed E-state index contributed by atoms with van der Waals surface area (Å²) in [5.74, 6) is -5.55. The van der Waals surface area contributed by atoms with Gasteiger partial charge in [-0.3, -0.25) is 0 Å². The number of hydrogen-bond acceptors (Lipinski definition) is 12. The molecule has 0 saturated carbocycles. The van der Waals surface area contributed by atoms with Gasteiger partial charge in [-0.15, -0.1) is 0 Å². The van der Waals surface area contributed by atoms with Crippen molar-refractivity contribution >= 4 is 24.0 Å². The third kappa shape index (κ3) is 8.15. The molecule has 3 aromatic rings. The van der Waals surface area contributed by atoms with E-state index in [2.05, 4.69) is 5.32 Å². The van der Waals surface area contributed by atoms with Gasteiger partial charge in [-0.25, -0.2) is 19.2 Å². The number of ether oxygens (including phenoxy) is 8. The van der Waals surface area contributed by atoms with Crippen molar-refractivity contribution in [2.75, 3.05) is 34.0 Å². The first-order valence-corrected chi connectivity index (χ1v) is 15.5. The predicted molar refractivity (Wildman–Crippen MR) is 171 cm³/mol. The fourth-order valence-corrected chi connectivity index (χ4v) is 5.42. The van der Waals surface area contributed by atoms with E-state index in [1.807, 2.05) is 0 Å². The smallest absolute Gasteiger partial charge is 0.407 e. The van der Waals surface area contributed by atoms with Crippen LogP contribution in [0.3, 0.4) is 0 Å². The van der Waals surface area contributed by atoms with E-state index in [9.17, 15) is 19.2 Å². The Bertz CT molecular complexity index is 1620. The number of carbonyl (C=O) groups is 4. The van der Waals surface area contributed by atoms with Gasteiger partial charge in [0.25, 0.3) is 0 Å². The van der Waals surface area contributed by atoms with E-state index in [0.29, 0.717) is 0 Å². The molecule has 2 heterocycles. The highest BCUT2D eigenvalue weighted by Crippen LogP contribution is 2.43.